The number of amides is 2. The summed E-state index contributed by atoms with van der Waals surface area (Å²) in [5, 5.41) is 3.12. The largest absolute Gasteiger partial charge is 0.493 e. The topological polar surface area (TPSA) is 84.7 Å². The number of para-hydroxylation sites is 2. The van der Waals surface area contributed by atoms with Gasteiger partial charge in [-0.05, 0) is 74.5 Å². The Morgan fingerprint density at radius 3 is 2.50 bits per heavy atom. The molecule has 0 aromatic heterocycles. The maximum absolute atomic E-state index is 13.7. The van der Waals surface area contributed by atoms with E-state index in [0.717, 1.165) is 36.9 Å². The van der Waals surface area contributed by atoms with Crippen LogP contribution in [0.4, 0.5) is 5.69 Å². The number of ether oxygens (including phenoxy) is 1. The summed E-state index contributed by atoms with van der Waals surface area (Å²) in [6.45, 7) is 1.11. The van der Waals surface area contributed by atoms with Gasteiger partial charge in [0.05, 0.1) is 12.2 Å². The lowest BCUT2D eigenvalue weighted by atomic mass is 10.1. The van der Waals surface area contributed by atoms with Crippen LogP contribution in [0.15, 0.2) is 78.9 Å². The van der Waals surface area contributed by atoms with Crippen LogP contribution in [0.1, 0.15) is 52.0 Å². The van der Waals surface area contributed by atoms with Gasteiger partial charge >= 0.3 is 0 Å². The van der Waals surface area contributed by atoms with Crippen molar-refractivity contribution in [1.29, 1.82) is 0 Å². The van der Waals surface area contributed by atoms with Crippen molar-refractivity contribution in [2.75, 3.05) is 18.1 Å². The molecule has 1 heterocycles. The molecule has 1 aliphatic heterocycles. The third kappa shape index (κ3) is 5.46. The summed E-state index contributed by atoms with van der Waals surface area (Å²) >= 11 is 0. The summed E-state index contributed by atoms with van der Waals surface area (Å²) in [6.07, 6.45) is 3.57. The Hall–Kier alpha value is -3.64. The zero-order chi connectivity index (χ0) is 23.8. The normalized spacial score (nSPS) is 15.2. The van der Waals surface area contributed by atoms with E-state index in [1.54, 1.807) is 29.2 Å². The molecule has 2 amide bonds. The van der Waals surface area contributed by atoms with Crippen LogP contribution in [0, 0.1) is 0 Å². The zero-order valence-electron chi connectivity index (χ0n) is 19.3. The average molecular weight is 458 g/mol. The fourth-order valence-electron chi connectivity index (χ4n) is 4.29. The third-order valence-corrected chi connectivity index (χ3v) is 6.01. The highest BCUT2D eigenvalue weighted by atomic mass is 16.5. The van der Waals surface area contributed by atoms with Crippen molar-refractivity contribution in [3.63, 3.8) is 0 Å². The minimum absolute atomic E-state index is 0.133. The quantitative estimate of drug-likeness (QED) is 0.486. The van der Waals surface area contributed by atoms with Crippen LogP contribution in [0.3, 0.4) is 0 Å². The van der Waals surface area contributed by atoms with E-state index in [9.17, 15) is 9.59 Å². The van der Waals surface area contributed by atoms with Gasteiger partial charge in [0.1, 0.15) is 11.9 Å². The molecule has 34 heavy (non-hydrogen) atoms. The Balaban J connectivity index is 1.61. The maximum Gasteiger partial charge on any atom is 0.259 e. The van der Waals surface area contributed by atoms with Crippen molar-refractivity contribution >= 4 is 17.5 Å². The van der Waals surface area contributed by atoms with Gasteiger partial charge in [0.15, 0.2) is 0 Å². The van der Waals surface area contributed by atoms with Gasteiger partial charge in [-0.15, -0.1) is 0 Å². The van der Waals surface area contributed by atoms with Crippen molar-refractivity contribution in [3.8, 4) is 5.75 Å². The number of nitrogens with one attached hydrogen (secondary N) is 1. The molecule has 6 heteroatoms. The Labute approximate surface area is 200 Å². The van der Waals surface area contributed by atoms with Gasteiger partial charge < -0.3 is 15.8 Å². The minimum Gasteiger partial charge on any atom is -0.493 e. The van der Waals surface area contributed by atoms with E-state index in [1.165, 1.54) is 0 Å². The first-order valence-corrected chi connectivity index (χ1v) is 11.9. The molecule has 4 rings (SSSR count). The first kappa shape index (κ1) is 23.5. The number of hydrogen-bond acceptors (Lipinski definition) is 4. The molecule has 0 saturated carbocycles. The lowest BCUT2D eigenvalue weighted by Crippen LogP contribution is -2.51. The highest BCUT2D eigenvalue weighted by molar-refractivity contribution is 6.07. The molecule has 1 atom stereocenters. The average Bonchev–Trinajstić information content (AvgIpc) is 3.06. The number of benzene rings is 3. The van der Waals surface area contributed by atoms with Crippen LogP contribution < -0.4 is 20.7 Å². The number of hydrogen-bond donors (Lipinski definition) is 2. The van der Waals surface area contributed by atoms with E-state index < -0.39 is 6.17 Å². The fourth-order valence-corrected chi connectivity index (χ4v) is 4.29. The number of fused-ring (bicyclic) bond motifs is 1. The predicted octanol–water partition coefficient (Wildman–Crippen LogP) is 4.54. The first-order valence-electron chi connectivity index (χ1n) is 11.9. The van der Waals surface area contributed by atoms with Crippen molar-refractivity contribution < 1.29 is 14.3 Å². The number of unbranched alkanes of at least 4 members (excludes halogenated alkanes) is 1. The van der Waals surface area contributed by atoms with E-state index in [1.807, 2.05) is 48.5 Å². The molecule has 3 aromatic rings. The van der Waals surface area contributed by atoms with Crippen molar-refractivity contribution in [3.05, 3.63) is 95.6 Å². The van der Waals surface area contributed by atoms with E-state index in [4.69, 9.17) is 10.5 Å². The summed E-state index contributed by atoms with van der Waals surface area (Å²) in [6, 6.07) is 24.3. The third-order valence-electron chi connectivity index (χ3n) is 6.01. The number of anilines is 1. The van der Waals surface area contributed by atoms with Crippen molar-refractivity contribution in [1.82, 2.24) is 5.32 Å². The monoisotopic (exact) mass is 457 g/mol. The first-order chi connectivity index (χ1) is 16.7. The second-order valence-electron chi connectivity index (χ2n) is 8.39. The Morgan fingerprint density at radius 2 is 1.68 bits per heavy atom. The molecule has 3 aromatic carbocycles. The molecule has 1 unspecified atom stereocenters. The SMILES string of the molecule is NCCCCOc1ccccc1C(=O)NC1CCCc2ccccc2N1C(=O)c1ccccc1. The molecule has 6 nitrogen and oxygen atoms in total. The predicted molar refractivity (Wildman–Crippen MR) is 134 cm³/mol. The van der Waals surface area contributed by atoms with Crippen molar-refractivity contribution in [2.45, 2.75) is 38.3 Å². The number of nitrogens with two attached hydrogens (primary N) is 1. The number of rotatable bonds is 8. The summed E-state index contributed by atoms with van der Waals surface area (Å²) in [4.78, 5) is 28.8. The number of carbonyl (C=O) groups is 2. The second kappa shape index (κ2) is 11.5. The molecular formula is C28H31N3O3. The highest BCUT2D eigenvalue weighted by Gasteiger charge is 2.31. The van der Waals surface area contributed by atoms with E-state index in [2.05, 4.69) is 11.4 Å². The Morgan fingerprint density at radius 1 is 0.941 bits per heavy atom. The molecular weight excluding hydrogens is 426 g/mol. The van der Waals surface area contributed by atoms with Gasteiger partial charge in [0.25, 0.3) is 11.8 Å². The van der Waals surface area contributed by atoms with E-state index in [-0.39, 0.29) is 11.8 Å². The lowest BCUT2D eigenvalue weighted by Gasteiger charge is -2.32. The van der Waals surface area contributed by atoms with Crippen molar-refractivity contribution in [2.24, 2.45) is 5.73 Å². The Bertz CT molecular complexity index is 1120. The molecule has 176 valence electrons. The fraction of sp³-hybridized carbons (Fsp3) is 0.286. The molecule has 0 saturated heterocycles. The van der Waals surface area contributed by atoms with Gasteiger partial charge in [0, 0.05) is 11.3 Å². The zero-order valence-corrected chi connectivity index (χ0v) is 19.3. The number of nitrogens with zero attached hydrogens (tertiary/aromatic N) is 1. The molecule has 0 bridgehead atoms. The van der Waals surface area contributed by atoms with Gasteiger partial charge in [-0.2, -0.15) is 0 Å². The molecule has 3 N–H and O–H groups in total. The molecule has 0 radical (unpaired) electrons. The van der Waals surface area contributed by atoms with Crippen LogP contribution >= 0.6 is 0 Å². The maximum atomic E-state index is 13.7. The van der Waals surface area contributed by atoms with E-state index >= 15 is 0 Å². The molecule has 1 aliphatic rings. The van der Waals surface area contributed by atoms with Crippen LogP contribution in [-0.2, 0) is 6.42 Å². The second-order valence-corrected chi connectivity index (χ2v) is 8.39. The van der Waals surface area contributed by atoms with Crippen LogP contribution in [0.2, 0.25) is 0 Å². The van der Waals surface area contributed by atoms with Gasteiger partial charge in [-0.25, -0.2) is 0 Å². The summed E-state index contributed by atoms with van der Waals surface area (Å²) in [5.41, 5.74) is 8.55. The Kier molecular flexibility index (Phi) is 7.94. The summed E-state index contributed by atoms with van der Waals surface area (Å²) < 4.78 is 5.88. The van der Waals surface area contributed by atoms with Crippen LogP contribution in [-0.4, -0.2) is 31.1 Å². The number of carbonyl (C=O) groups excluding carboxylic acids is 2. The van der Waals surface area contributed by atoms with E-state index in [0.29, 0.717) is 36.4 Å². The highest BCUT2D eigenvalue weighted by Crippen LogP contribution is 2.31. The van der Waals surface area contributed by atoms with Gasteiger partial charge in [-0.3, -0.25) is 14.5 Å². The summed E-state index contributed by atoms with van der Waals surface area (Å²) in [7, 11) is 0. The molecule has 0 aliphatic carbocycles. The number of aryl methyl sites for hydroxylation is 1. The smallest absolute Gasteiger partial charge is 0.259 e. The molecule has 0 fully saturated rings. The molecule has 0 spiro atoms. The summed E-state index contributed by atoms with van der Waals surface area (Å²) in [5.74, 6) is 0.142. The van der Waals surface area contributed by atoms with Crippen LogP contribution in [0.25, 0.3) is 0 Å². The minimum atomic E-state index is -0.478. The van der Waals surface area contributed by atoms with Gasteiger partial charge in [0.2, 0.25) is 0 Å². The standard InChI is InChI=1S/C28H31N3O3/c29-19-8-9-20-34-25-17-7-5-15-23(25)27(32)30-26-18-10-14-21-11-4-6-16-24(21)31(26)28(33)22-12-2-1-3-13-22/h1-7,11-13,15-17,26H,8-10,14,18-20,29H2,(H,30,32). The lowest BCUT2D eigenvalue weighted by molar-refractivity contribution is 0.0909. The van der Waals surface area contributed by atoms with Gasteiger partial charge in [-0.1, -0.05) is 48.5 Å². The van der Waals surface area contributed by atoms with Crippen LogP contribution in [0.5, 0.6) is 5.75 Å².